The maximum absolute atomic E-state index is 14.3. The number of anilines is 1. The lowest BCUT2D eigenvalue weighted by Gasteiger charge is -2.17. The Morgan fingerprint density at radius 3 is 2.35 bits per heavy atom. The maximum Gasteiger partial charge on any atom is 0.258 e. The van der Waals surface area contributed by atoms with E-state index >= 15 is 0 Å². The van der Waals surface area contributed by atoms with Crippen LogP contribution in [-0.4, -0.2) is 24.1 Å². The number of aromatic nitrogens is 1. The summed E-state index contributed by atoms with van der Waals surface area (Å²) in [6.07, 6.45) is 5.23. The molecule has 3 rings (SSSR count). The largest absolute Gasteiger partial charge is 0.493 e. The van der Waals surface area contributed by atoms with Gasteiger partial charge in [-0.2, -0.15) is 0 Å². The minimum atomic E-state index is -1.06. The van der Waals surface area contributed by atoms with Crippen molar-refractivity contribution in [2.24, 2.45) is 0 Å². The first-order chi connectivity index (χ1) is 12.5. The van der Waals surface area contributed by atoms with Crippen LogP contribution in [0.15, 0.2) is 24.5 Å². The van der Waals surface area contributed by atoms with Gasteiger partial charge >= 0.3 is 0 Å². The molecule has 138 valence electrons. The highest BCUT2D eigenvalue weighted by molar-refractivity contribution is 6.05. The van der Waals surface area contributed by atoms with Gasteiger partial charge in [-0.25, -0.2) is 13.2 Å². The van der Waals surface area contributed by atoms with Crippen molar-refractivity contribution in [3.63, 3.8) is 0 Å². The number of nitrogens with zero attached hydrogens (tertiary/aromatic N) is 1. The Hall–Kier alpha value is -2.77. The van der Waals surface area contributed by atoms with Crippen LogP contribution in [-0.2, 0) is 0 Å². The lowest BCUT2D eigenvalue weighted by Crippen LogP contribution is -2.17. The first-order valence-corrected chi connectivity index (χ1v) is 8.14. The van der Waals surface area contributed by atoms with Crippen molar-refractivity contribution in [3.05, 3.63) is 47.5 Å². The quantitative estimate of drug-likeness (QED) is 0.866. The lowest BCUT2D eigenvalue weighted by atomic mass is 10.1. The number of methoxy groups -OCH3 is 1. The summed E-state index contributed by atoms with van der Waals surface area (Å²) >= 11 is 0. The molecule has 0 atom stereocenters. The second kappa shape index (κ2) is 7.63. The molecule has 1 fully saturated rings. The van der Waals surface area contributed by atoms with Crippen molar-refractivity contribution in [1.82, 2.24) is 4.98 Å². The summed E-state index contributed by atoms with van der Waals surface area (Å²) in [5.74, 6) is -3.67. The van der Waals surface area contributed by atoms with E-state index in [2.05, 4.69) is 4.98 Å². The molecular weight excluding hydrogens is 349 g/mol. The molecule has 1 saturated carbocycles. The highest BCUT2D eigenvalue weighted by Crippen LogP contribution is 2.34. The Morgan fingerprint density at radius 2 is 1.73 bits per heavy atom. The van der Waals surface area contributed by atoms with Crippen LogP contribution in [0, 0.1) is 17.5 Å². The molecule has 1 N–H and O–H groups in total. The van der Waals surface area contributed by atoms with Crippen LogP contribution in [0.1, 0.15) is 36.0 Å². The van der Waals surface area contributed by atoms with E-state index in [9.17, 15) is 18.0 Å². The minimum absolute atomic E-state index is 0.0413. The molecule has 0 aliphatic heterocycles. The van der Waals surface area contributed by atoms with Crippen molar-refractivity contribution in [2.45, 2.75) is 31.8 Å². The van der Waals surface area contributed by atoms with Gasteiger partial charge in [-0.05, 0) is 31.7 Å². The van der Waals surface area contributed by atoms with E-state index in [0.29, 0.717) is 0 Å². The number of carbonyl (C=O) groups is 1. The van der Waals surface area contributed by atoms with E-state index in [4.69, 9.17) is 9.47 Å². The zero-order valence-corrected chi connectivity index (χ0v) is 14.0. The van der Waals surface area contributed by atoms with Crippen molar-refractivity contribution in [1.29, 1.82) is 0 Å². The van der Waals surface area contributed by atoms with Gasteiger partial charge in [0.2, 0.25) is 0 Å². The minimum Gasteiger partial charge on any atom is -0.493 e. The molecule has 0 radical (unpaired) electrons. The van der Waals surface area contributed by atoms with Crippen LogP contribution in [0.25, 0.3) is 0 Å². The van der Waals surface area contributed by atoms with Crippen LogP contribution in [0.2, 0.25) is 0 Å². The number of amides is 1. The standard InChI is InChI=1S/C18H17F3N2O3/c1-25-15-7-12(19)11(6-16(15)26-10-4-2-3-5-10)18(24)23-17-13(20)8-22-9-14(17)21/h6-10H,2-5H2,1H3,(H,22,23,24). The van der Waals surface area contributed by atoms with E-state index in [1.165, 1.54) is 13.2 Å². The van der Waals surface area contributed by atoms with E-state index in [-0.39, 0.29) is 17.6 Å². The van der Waals surface area contributed by atoms with E-state index < -0.39 is 34.6 Å². The van der Waals surface area contributed by atoms with Gasteiger partial charge in [-0.3, -0.25) is 9.78 Å². The van der Waals surface area contributed by atoms with Crippen molar-refractivity contribution in [2.75, 3.05) is 12.4 Å². The molecule has 26 heavy (non-hydrogen) atoms. The molecule has 0 saturated heterocycles. The number of rotatable bonds is 5. The molecule has 1 aliphatic carbocycles. The fraction of sp³-hybridized carbons (Fsp3) is 0.333. The summed E-state index contributed by atoms with van der Waals surface area (Å²) in [6.45, 7) is 0. The smallest absolute Gasteiger partial charge is 0.258 e. The topological polar surface area (TPSA) is 60.5 Å². The SMILES string of the molecule is COc1cc(F)c(C(=O)Nc2c(F)cncc2F)cc1OC1CCCC1. The normalized spacial score (nSPS) is 14.3. The van der Waals surface area contributed by atoms with Crippen LogP contribution in [0.5, 0.6) is 11.5 Å². The lowest BCUT2D eigenvalue weighted by molar-refractivity contribution is 0.102. The molecule has 5 nitrogen and oxygen atoms in total. The summed E-state index contributed by atoms with van der Waals surface area (Å²) in [5.41, 5.74) is -1.10. The number of pyridine rings is 1. The van der Waals surface area contributed by atoms with E-state index in [1.807, 2.05) is 5.32 Å². The third-order valence-electron chi connectivity index (χ3n) is 4.19. The predicted molar refractivity (Wildman–Crippen MR) is 87.9 cm³/mol. The predicted octanol–water partition coefficient (Wildman–Crippen LogP) is 4.08. The number of nitrogens with one attached hydrogen (secondary N) is 1. The van der Waals surface area contributed by atoms with Gasteiger partial charge in [0.1, 0.15) is 11.5 Å². The maximum atomic E-state index is 14.3. The number of ether oxygens (including phenoxy) is 2. The summed E-state index contributed by atoms with van der Waals surface area (Å²) in [5, 5.41) is 2.03. The van der Waals surface area contributed by atoms with Crippen LogP contribution < -0.4 is 14.8 Å². The fourth-order valence-corrected chi connectivity index (χ4v) is 2.86. The van der Waals surface area contributed by atoms with Crippen LogP contribution in [0.4, 0.5) is 18.9 Å². The summed E-state index contributed by atoms with van der Waals surface area (Å²) in [4.78, 5) is 15.7. The Labute approximate surface area is 148 Å². The average Bonchev–Trinajstić information content (AvgIpc) is 3.12. The molecule has 1 aromatic heterocycles. The molecule has 0 bridgehead atoms. The molecule has 1 aromatic carbocycles. The molecule has 2 aromatic rings. The highest BCUT2D eigenvalue weighted by atomic mass is 19.1. The van der Waals surface area contributed by atoms with Crippen molar-refractivity contribution in [3.8, 4) is 11.5 Å². The Morgan fingerprint density at radius 1 is 1.08 bits per heavy atom. The van der Waals surface area contributed by atoms with Gasteiger partial charge < -0.3 is 14.8 Å². The molecule has 1 amide bonds. The monoisotopic (exact) mass is 366 g/mol. The van der Waals surface area contributed by atoms with E-state index in [1.54, 1.807) is 0 Å². The Balaban J connectivity index is 1.89. The third kappa shape index (κ3) is 3.74. The van der Waals surface area contributed by atoms with Gasteiger partial charge in [-0.15, -0.1) is 0 Å². The highest BCUT2D eigenvalue weighted by Gasteiger charge is 2.23. The molecule has 8 heteroatoms. The van der Waals surface area contributed by atoms with Crippen LogP contribution >= 0.6 is 0 Å². The number of carbonyl (C=O) groups excluding carboxylic acids is 1. The van der Waals surface area contributed by atoms with Gasteiger partial charge in [0, 0.05) is 6.07 Å². The van der Waals surface area contributed by atoms with Crippen molar-refractivity contribution < 1.29 is 27.4 Å². The number of halogens is 3. The number of hydrogen-bond donors (Lipinski definition) is 1. The van der Waals surface area contributed by atoms with Gasteiger partial charge in [-0.1, -0.05) is 0 Å². The molecule has 1 aliphatic rings. The Bertz CT molecular complexity index is 803. The van der Waals surface area contributed by atoms with Gasteiger partial charge in [0.15, 0.2) is 23.1 Å². The third-order valence-corrected chi connectivity index (χ3v) is 4.19. The zero-order chi connectivity index (χ0) is 18.7. The van der Waals surface area contributed by atoms with Gasteiger partial charge in [0.25, 0.3) is 5.91 Å². The fourth-order valence-electron chi connectivity index (χ4n) is 2.86. The molecule has 0 unspecified atom stereocenters. The molecule has 0 spiro atoms. The second-order valence-electron chi connectivity index (χ2n) is 5.94. The van der Waals surface area contributed by atoms with Crippen molar-refractivity contribution >= 4 is 11.6 Å². The summed E-state index contributed by atoms with van der Waals surface area (Å²) < 4.78 is 52.5. The number of hydrogen-bond acceptors (Lipinski definition) is 4. The number of benzene rings is 1. The Kier molecular flexibility index (Phi) is 5.29. The first-order valence-electron chi connectivity index (χ1n) is 8.14. The van der Waals surface area contributed by atoms with Gasteiger partial charge in [0.05, 0.1) is 31.2 Å². The zero-order valence-electron chi connectivity index (χ0n) is 14.0. The molecule has 1 heterocycles. The summed E-state index contributed by atoms with van der Waals surface area (Å²) in [6, 6.07) is 2.19. The van der Waals surface area contributed by atoms with Crippen LogP contribution in [0.3, 0.4) is 0 Å². The van der Waals surface area contributed by atoms with E-state index in [0.717, 1.165) is 44.1 Å². The molecular formula is C18H17F3N2O3. The average molecular weight is 366 g/mol. The second-order valence-corrected chi connectivity index (χ2v) is 5.94. The summed E-state index contributed by atoms with van der Waals surface area (Å²) in [7, 11) is 1.36. The first kappa shape index (κ1) is 18.0.